The van der Waals surface area contributed by atoms with E-state index in [1.54, 1.807) is 29.2 Å². The number of aromatic nitrogens is 4. The molecular weight excluding hydrogens is 504 g/mol. The molecule has 0 spiro atoms. The van der Waals surface area contributed by atoms with Crippen molar-refractivity contribution in [2.75, 3.05) is 48.3 Å². The lowest BCUT2D eigenvalue weighted by Crippen LogP contribution is -2.48. The van der Waals surface area contributed by atoms with E-state index in [2.05, 4.69) is 49.3 Å². The topological polar surface area (TPSA) is 117 Å². The van der Waals surface area contributed by atoms with Crippen LogP contribution in [0.2, 0.25) is 0 Å². The minimum atomic E-state index is -0.307. The van der Waals surface area contributed by atoms with Crippen LogP contribution in [-0.4, -0.2) is 74.6 Å². The molecule has 12 heteroatoms. The molecule has 4 aromatic rings. The third-order valence-electron chi connectivity index (χ3n) is 6.71. The fourth-order valence-electron chi connectivity index (χ4n) is 4.97. The summed E-state index contributed by atoms with van der Waals surface area (Å²) in [4.78, 5) is 38.5. The van der Waals surface area contributed by atoms with Gasteiger partial charge in [-0.15, -0.1) is 11.3 Å². The number of thiazole rings is 1. The fraction of sp³-hybridized carbons (Fsp3) is 0.346. The molecule has 0 saturated carbocycles. The molecule has 1 saturated heterocycles. The van der Waals surface area contributed by atoms with Crippen LogP contribution in [0.5, 0.6) is 5.75 Å². The Morgan fingerprint density at radius 2 is 1.95 bits per heavy atom. The number of amides is 2. The molecule has 2 aliphatic rings. The van der Waals surface area contributed by atoms with Crippen LogP contribution in [0.25, 0.3) is 5.65 Å². The molecule has 0 aliphatic carbocycles. The lowest BCUT2D eigenvalue weighted by Gasteiger charge is -2.36. The third-order valence-corrected chi connectivity index (χ3v) is 7.40. The predicted octanol–water partition coefficient (Wildman–Crippen LogP) is 2.91. The number of benzene rings is 1. The van der Waals surface area contributed by atoms with Crippen LogP contribution < -0.4 is 20.3 Å². The second kappa shape index (κ2) is 9.69. The Morgan fingerprint density at radius 1 is 1.11 bits per heavy atom. The Balaban J connectivity index is 1.20. The van der Waals surface area contributed by atoms with Gasteiger partial charge in [0.1, 0.15) is 16.9 Å². The molecule has 1 fully saturated rings. The highest BCUT2D eigenvalue weighted by molar-refractivity contribution is 7.13. The van der Waals surface area contributed by atoms with Crippen LogP contribution >= 0.6 is 11.3 Å². The Bertz CT molecular complexity index is 1490. The van der Waals surface area contributed by atoms with Crippen LogP contribution in [0.15, 0.2) is 48.4 Å². The van der Waals surface area contributed by atoms with Crippen molar-refractivity contribution in [1.82, 2.24) is 24.5 Å². The van der Waals surface area contributed by atoms with E-state index in [4.69, 9.17) is 4.74 Å². The number of anilines is 3. The molecular formula is C26H28N8O3S. The number of fused-ring (bicyclic) bond motifs is 2. The Hall–Kier alpha value is -4.03. The second-order valence-electron chi connectivity index (χ2n) is 10.1. The summed E-state index contributed by atoms with van der Waals surface area (Å²) in [5, 5.41) is 12.6. The van der Waals surface area contributed by atoms with Gasteiger partial charge in [0.2, 0.25) is 5.91 Å². The largest absolute Gasteiger partial charge is 0.487 e. The predicted molar refractivity (Wildman–Crippen MR) is 145 cm³/mol. The number of ether oxygens (including phenoxy) is 1. The summed E-state index contributed by atoms with van der Waals surface area (Å²) < 4.78 is 7.79. The fourth-order valence-corrected chi connectivity index (χ4v) is 5.52. The maximum Gasteiger partial charge on any atom is 0.261 e. The van der Waals surface area contributed by atoms with Gasteiger partial charge in [0.05, 0.1) is 24.1 Å². The van der Waals surface area contributed by atoms with Crippen molar-refractivity contribution >= 4 is 45.3 Å². The average Bonchev–Trinajstić information content (AvgIpc) is 3.61. The van der Waals surface area contributed by atoms with Crippen molar-refractivity contribution in [3.8, 4) is 5.75 Å². The zero-order valence-electron chi connectivity index (χ0n) is 21.2. The Kier molecular flexibility index (Phi) is 6.20. The molecule has 38 heavy (non-hydrogen) atoms. The third kappa shape index (κ3) is 4.92. The van der Waals surface area contributed by atoms with E-state index in [0.717, 1.165) is 29.1 Å². The summed E-state index contributed by atoms with van der Waals surface area (Å²) in [5.41, 5.74) is 3.28. The molecule has 2 N–H and O–H groups in total. The molecule has 11 nitrogen and oxygen atoms in total. The molecule has 3 aromatic heterocycles. The van der Waals surface area contributed by atoms with Crippen molar-refractivity contribution in [3.05, 3.63) is 59.5 Å². The van der Waals surface area contributed by atoms with E-state index in [1.807, 2.05) is 17.5 Å². The highest BCUT2D eigenvalue weighted by Crippen LogP contribution is 2.42. The zero-order chi connectivity index (χ0) is 26.3. The number of hydrogen-bond donors (Lipinski definition) is 2. The average molecular weight is 533 g/mol. The first-order valence-electron chi connectivity index (χ1n) is 12.5. The van der Waals surface area contributed by atoms with Crippen molar-refractivity contribution in [1.29, 1.82) is 0 Å². The van der Waals surface area contributed by atoms with Gasteiger partial charge >= 0.3 is 0 Å². The SMILES string of the molecule is CC1(C)Cc2cc(NC(=O)c3cnn4cccnc34)c(N3CCN(CC(=O)Nc4nccs4)CC3)cc2O1. The molecule has 0 radical (unpaired) electrons. The van der Waals surface area contributed by atoms with Gasteiger partial charge in [0, 0.05) is 68.2 Å². The minimum Gasteiger partial charge on any atom is -0.487 e. The molecule has 2 amide bonds. The highest BCUT2D eigenvalue weighted by atomic mass is 32.1. The van der Waals surface area contributed by atoms with Gasteiger partial charge in [-0.1, -0.05) is 0 Å². The van der Waals surface area contributed by atoms with Gasteiger partial charge in [-0.05, 0) is 26.0 Å². The van der Waals surface area contributed by atoms with Crippen LogP contribution in [0, 0.1) is 0 Å². The lowest BCUT2D eigenvalue weighted by atomic mass is 10.0. The maximum atomic E-state index is 13.3. The smallest absolute Gasteiger partial charge is 0.261 e. The van der Waals surface area contributed by atoms with Crippen molar-refractivity contribution in [2.45, 2.75) is 25.9 Å². The summed E-state index contributed by atoms with van der Waals surface area (Å²) in [6, 6.07) is 5.81. The Morgan fingerprint density at radius 3 is 2.74 bits per heavy atom. The van der Waals surface area contributed by atoms with E-state index in [-0.39, 0.29) is 17.4 Å². The van der Waals surface area contributed by atoms with Gasteiger partial charge in [-0.25, -0.2) is 14.5 Å². The molecule has 2 aliphatic heterocycles. The zero-order valence-corrected chi connectivity index (χ0v) is 22.0. The minimum absolute atomic E-state index is 0.0727. The van der Waals surface area contributed by atoms with E-state index >= 15 is 0 Å². The van der Waals surface area contributed by atoms with Crippen molar-refractivity contribution < 1.29 is 14.3 Å². The van der Waals surface area contributed by atoms with Crippen LogP contribution in [0.3, 0.4) is 0 Å². The molecule has 0 bridgehead atoms. The standard InChI is InChI=1S/C26H28N8O3S/c1-26(2)14-17-12-19(30-24(36)18-15-29-34-6-3-4-27-23(18)34)20(13-21(17)37-26)33-9-7-32(8-10-33)16-22(35)31-25-28-5-11-38-25/h3-6,11-13,15H,7-10,14,16H2,1-2H3,(H,30,36)(H,28,31,35). The van der Waals surface area contributed by atoms with Crippen molar-refractivity contribution in [2.24, 2.45) is 0 Å². The summed E-state index contributed by atoms with van der Waals surface area (Å²) in [6.07, 6.45) is 7.36. The molecule has 0 unspecified atom stereocenters. The number of piperazine rings is 1. The first-order chi connectivity index (χ1) is 18.3. The number of hydrogen-bond acceptors (Lipinski definition) is 9. The van der Waals surface area contributed by atoms with E-state index in [0.29, 0.717) is 49.1 Å². The summed E-state index contributed by atoms with van der Waals surface area (Å²) >= 11 is 1.40. The first-order valence-corrected chi connectivity index (χ1v) is 13.3. The maximum absolute atomic E-state index is 13.3. The van der Waals surface area contributed by atoms with Crippen LogP contribution in [-0.2, 0) is 11.2 Å². The number of nitrogens with zero attached hydrogens (tertiary/aromatic N) is 6. The highest BCUT2D eigenvalue weighted by Gasteiger charge is 2.33. The normalized spacial score (nSPS) is 16.7. The van der Waals surface area contributed by atoms with Crippen LogP contribution in [0.1, 0.15) is 29.8 Å². The molecule has 6 rings (SSSR count). The molecule has 0 atom stereocenters. The first kappa shape index (κ1) is 24.3. The van der Waals surface area contributed by atoms with Gasteiger partial charge in [-0.3, -0.25) is 14.5 Å². The quantitative estimate of drug-likeness (QED) is 0.389. The number of carbonyl (C=O) groups is 2. The van der Waals surface area contributed by atoms with E-state index < -0.39 is 0 Å². The summed E-state index contributed by atoms with van der Waals surface area (Å²) in [7, 11) is 0. The van der Waals surface area contributed by atoms with Gasteiger partial charge < -0.3 is 20.3 Å². The van der Waals surface area contributed by atoms with E-state index in [1.165, 1.54) is 17.5 Å². The van der Waals surface area contributed by atoms with Gasteiger partial charge in [0.25, 0.3) is 5.91 Å². The molecule has 1 aromatic carbocycles. The molecule has 5 heterocycles. The number of carbonyl (C=O) groups excluding carboxylic acids is 2. The molecule has 196 valence electrons. The number of nitrogens with one attached hydrogen (secondary N) is 2. The summed E-state index contributed by atoms with van der Waals surface area (Å²) in [6.45, 7) is 7.25. The van der Waals surface area contributed by atoms with Crippen molar-refractivity contribution in [3.63, 3.8) is 0 Å². The number of rotatable bonds is 6. The van der Waals surface area contributed by atoms with Crippen LogP contribution in [0.4, 0.5) is 16.5 Å². The van der Waals surface area contributed by atoms with Gasteiger partial charge in [0.15, 0.2) is 10.8 Å². The lowest BCUT2D eigenvalue weighted by molar-refractivity contribution is -0.117. The van der Waals surface area contributed by atoms with E-state index in [9.17, 15) is 9.59 Å². The summed E-state index contributed by atoms with van der Waals surface area (Å²) in [5.74, 6) is 0.498. The second-order valence-corrected chi connectivity index (χ2v) is 11.0. The monoisotopic (exact) mass is 532 g/mol. The van der Waals surface area contributed by atoms with Gasteiger partial charge in [-0.2, -0.15) is 5.10 Å². The Labute approximate surface area is 223 Å².